The predicted octanol–water partition coefficient (Wildman–Crippen LogP) is 0.727. The lowest BCUT2D eigenvalue weighted by Crippen LogP contribution is -2.27. The zero-order valence-corrected chi connectivity index (χ0v) is 13.0. The second-order valence-electron chi connectivity index (χ2n) is 5.02. The van der Waals surface area contributed by atoms with Crippen LogP contribution in [0.25, 0.3) is 0 Å². The van der Waals surface area contributed by atoms with Crippen molar-refractivity contribution in [2.75, 3.05) is 20.3 Å². The Morgan fingerprint density at radius 3 is 2.14 bits per heavy atom. The van der Waals surface area contributed by atoms with Gasteiger partial charge in [0.05, 0.1) is 12.5 Å². The monoisotopic (exact) mass is 313 g/mol. The van der Waals surface area contributed by atoms with E-state index >= 15 is 0 Å². The fourth-order valence-electron chi connectivity index (χ4n) is 1.29. The molecule has 0 saturated heterocycles. The summed E-state index contributed by atoms with van der Waals surface area (Å²) >= 11 is 0. The molecule has 0 aliphatic heterocycles. The minimum atomic E-state index is -0.861. The highest BCUT2D eigenvalue weighted by Crippen LogP contribution is 2.21. The third-order valence-electron chi connectivity index (χ3n) is 3.11. The first-order valence-electron chi connectivity index (χ1n) is 6.67. The van der Waals surface area contributed by atoms with E-state index < -0.39 is 17.4 Å². The smallest absolute Gasteiger partial charge is 0.361 e. The van der Waals surface area contributed by atoms with Crippen LogP contribution < -0.4 is 0 Å². The number of hydrogen-bond acceptors (Lipinski definition) is 8. The third-order valence-corrected chi connectivity index (χ3v) is 3.11. The number of carbonyl (C=O) groups is 3. The molecule has 9 heteroatoms. The van der Waals surface area contributed by atoms with Crippen molar-refractivity contribution in [2.24, 2.45) is 5.41 Å². The molecule has 0 atom stereocenters. The number of carbonyl (C=O) groups excluding carboxylic acids is 3. The Kier molecular flexibility index (Phi) is 6.02. The number of nitrogens with zero attached hydrogens (tertiary/aromatic N) is 2. The lowest BCUT2D eigenvalue weighted by Gasteiger charge is -2.20. The molecule has 0 aromatic carbocycles. The molecule has 0 bridgehead atoms. The molecule has 1 aromatic heterocycles. The van der Waals surface area contributed by atoms with Gasteiger partial charge in [-0.15, -0.1) is 10.2 Å². The lowest BCUT2D eigenvalue weighted by molar-refractivity contribution is -0.155. The number of nitrogens with one attached hydrogen (secondary N) is 1. The number of H-pyrrole nitrogens is 1. The van der Waals surface area contributed by atoms with Gasteiger partial charge in [0.25, 0.3) is 0 Å². The molecule has 1 aromatic rings. The summed E-state index contributed by atoms with van der Waals surface area (Å²) < 4.78 is 14.3. The molecule has 0 aliphatic rings. The maximum absolute atomic E-state index is 11.8. The molecule has 1 N–H and O–H groups in total. The third kappa shape index (κ3) is 4.27. The molecular formula is C13H19N3O6. The van der Waals surface area contributed by atoms with Gasteiger partial charge in [-0.1, -0.05) is 6.92 Å². The number of hydrogen-bond donors (Lipinski definition) is 1. The van der Waals surface area contributed by atoms with E-state index in [4.69, 9.17) is 9.47 Å². The van der Waals surface area contributed by atoms with Gasteiger partial charge in [0, 0.05) is 0 Å². The molecule has 0 amide bonds. The first-order valence-corrected chi connectivity index (χ1v) is 6.67. The van der Waals surface area contributed by atoms with Gasteiger partial charge in [-0.3, -0.25) is 4.79 Å². The summed E-state index contributed by atoms with van der Waals surface area (Å²) in [5, 5.41) is 9.19. The topological polar surface area (TPSA) is 120 Å². The fourth-order valence-corrected chi connectivity index (χ4v) is 1.29. The van der Waals surface area contributed by atoms with Crippen molar-refractivity contribution in [1.29, 1.82) is 0 Å². The number of esters is 3. The number of methoxy groups -OCH3 is 1. The first-order chi connectivity index (χ1) is 10.3. The van der Waals surface area contributed by atoms with E-state index in [9.17, 15) is 14.4 Å². The fraction of sp³-hybridized carbons (Fsp3) is 0.615. The van der Waals surface area contributed by atoms with Crippen molar-refractivity contribution in [3.63, 3.8) is 0 Å². The molecule has 0 radical (unpaired) electrons. The summed E-state index contributed by atoms with van der Waals surface area (Å²) in [4.78, 5) is 34.8. The summed E-state index contributed by atoms with van der Waals surface area (Å²) in [6.07, 6.45) is 0.632. The molecule has 0 saturated carbocycles. The molecule has 0 spiro atoms. The minimum Gasteiger partial charge on any atom is -0.464 e. The van der Waals surface area contributed by atoms with Crippen molar-refractivity contribution < 1.29 is 28.6 Å². The number of ether oxygens (including phenoxy) is 3. The minimum absolute atomic E-state index is 0.0839. The van der Waals surface area contributed by atoms with Crippen LogP contribution in [0.1, 0.15) is 48.2 Å². The van der Waals surface area contributed by atoms with Crippen LogP contribution in [0.15, 0.2) is 0 Å². The van der Waals surface area contributed by atoms with E-state index in [0.717, 1.165) is 7.11 Å². The molecule has 0 unspecified atom stereocenters. The molecule has 9 nitrogen and oxygen atoms in total. The lowest BCUT2D eigenvalue weighted by atomic mass is 9.91. The molecule has 22 heavy (non-hydrogen) atoms. The highest BCUT2D eigenvalue weighted by atomic mass is 16.6. The SMILES string of the molecule is CCC(C)(C)C(=O)OCCOC(=O)c1n[nH]nc1C(=O)OC. The van der Waals surface area contributed by atoms with Crippen LogP contribution in [0.5, 0.6) is 0 Å². The van der Waals surface area contributed by atoms with Gasteiger partial charge in [0.15, 0.2) is 0 Å². The van der Waals surface area contributed by atoms with Crippen molar-refractivity contribution in [3.8, 4) is 0 Å². The molecule has 122 valence electrons. The highest BCUT2D eigenvalue weighted by molar-refractivity contribution is 6.00. The van der Waals surface area contributed by atoms with Crippen LogP contribution in [0.3, 0.4) is 0 Å². The van der Waals surface area contributed by atoms with Crippen molar-refractivity contribution in [1.82, 2.24) is 15.4 Å². The van der Waals surface area contributed by atoms with Crippen molar-refractivity contribution in [2.45, 2.75) is 27.2 Å². The Morgan fingerprint density at radius 2 is 1.59 bits per heavy atom. The van der Waals surface area contributed by atoms with Crippen molar-refractivity contribution >= 4 is 17.9 Å². The molecule has 0 fully saturated rings. The average molecular weight is 313 g/mol. The Balaban J connectivity index is 2.47. The maximum Gasteiger partial charge on any atom is 0.361 e. The Labute approximate surface area is 127 Å². The van der Waals surface area contributed by atoms with Crippen LogP contribution in [0, 0.1) is 5.41 Å². The predicted molar refractivity (Wildman–Crippen MR) is 73.0 cm³/mol. The van der Waals surface area contributed by atoms with E-state index in [0.29, 0.717) is 6.42 Å². The van der Waals surface area contributed by atoms with Crippen LogP contribution in [-0.2, 0) is 19.0 Å². The van der Waals surface area contributed by atoms with Gasteiger partial charge in [0.2, 0.25) is 11.4 Å². The average Bonchev–Trinajstić information content (AvgIpc) is 2.99. The van der Waals surface area contributed by atoms with E-state index in [1.807, 2.05) is 6.92 Å². The zero-order valence-electron chi connectivity index (χ0n) is 13.0. The normalized spacial score (nSPS) is 10.9. The van der Waals surface area contributed by atoms with Gasteiger partial charge in [-0.2, -0.15) is 5.21 Å². The molecule has 1 heterocycles. The zero-order chi connectivity index (χ0) is 16.8. The first kappa shape index (κ1) is 17.6. The van der Waals surface area contributed by atoms with Crippen LogP contribution >= 0.6 is 0 Å². The summed E-state index contributed by atoms with van der Waals surface area (Å²) in [5.41, 5.74) is -1.14. The van der Waals surface area contributed by atoms with Gasteiger partial charge in [0.1, 0.15) is 13.2 Å². The summed E-state index contributed by atoms with van der Waals surface area (Å²) in [6, 6.07) is 0. The van der Waals surface area contributed by atoms with Crippen molar-refractivity contribution in [3.05, 3.63) is 11.4 Å². The second-order valence-corrected chi connectivity index (χ2v) is 5.02. The molecular weight excluding hydrogens is 294 g/mol. The summed E-state index contributed by atoms with van der Waals surface area (Å²) in [6.45, 7) is 5.16. The Hall–Kier alpha value is -2.45. The van der Waals surface area contributed by atoms with Crippen LogP contribution in [0.4, 0.5) is 0 Å². The van der Waals surface area contributed by atoms with Gasteiger partial charge in [-0.25, -0.2) is 9.59 Å². The Morgan fingerprint density at radius 1 is 1.05 bits per heavy atom. The number of rotatable bonds is 7. The quantitative estimate of drug-likeness (QED) is 0.444. The molecule has 1 rings (SSSR count). The highest BCUT2D eigenvalue weighted by Gasteiger charge is 2.27. The van der Waals surface area contributed by atoms with Gasteiger partial charge < -0.3 is 14.2 Å². The van der Waals surface area contributed by atoms with Crippen LogP contribution in [0.2, 0.25) is 0 Å². The van der Waals surface area contributed by atoms with Gasteiger partial charge >= 0.3 is 17.9 Å². The number of aromatic amines is 1. The largest absolute Gasteiger partial charge is 0.464 e. The summed E-state index contributed by atoms with van der Waals surface area (Å²) in [7, 11) is 1.15. The second kappa shape index (κ2) is 7.53. The maximum atomic E-state index is 11.8. The Bertz CT molecular complexity index is 552. The number of aromatic nitrogens is 3. The van der Waals surface area contributed by atoms with E-state index in [2.05, 4.69) is 20.1 Å². The van der Waals surface area contributed by atoms with E-state index in [1.165, 1.54) is 0 Å². The van der Waals surface area contributed by atoms with Crippen LogP contribution in [-0.4, -0.2) is 53.6 Å². The van der Waals surface area contributed by atoms with E-state index in [-0.39, 0.29) is 30.6 Å². The molecule has 0 aliphatic carbocycles. The van der Waals surface area contributed by atoms with E-state index in [1.54, 1.807) is 13.8 Å². The van der Waals surface area contributed by atoms with Gasteiger partial charge in [-0.05, 0) is 20.3 Å². The summed E-state index contributed by atoms with van der Waals surface area (Å²) in [5.74, 6) is -2.04. The standard InChI is InChI=1S/C13H19N3O6/c1-5-13(2,3)12(19)22-7-6-21-11(18)9-8(10(17)20-4)14-16-15-9/h5-7H2,1-4H3,(H,14,15,16).